The van der Waals surface area contributed by atoms with Crippen molar-refractivity contribution in [1.82, 2.24) is 15.0 Å². The molecular weight excluding hydrogens is 705 g/mol. The average Bonchev–Trinajstić information content (AvgIpc) is 3.64. The summed E-state index contributed by atoms with van der Waals surface area (Å²) in [5, 5.41) is 14.0. The predicted molar refractivity (Wildman–Crippen MR) is 237 cm³/mol. The van der Waals surface area contributed by atoms with Gasteiger partial charge in [0, 0.05) is 16.7 Å². The topological polar surface area (TPSA) is 62.5 Å². The zero-order chi connectivity index (χ0) is 38.6. The molecule has 0 saturated heterocycles. The molecule has 0 N–H and O–H groups in total. The highest BCUT2D eigenvalue weighted by Crippen LogP contribution is 2.52. The van der Waals surface area contributed by atoms with Crippen molar-refractivity contribution in [3.63, 3.8) is 0 Å². The number of fused-ring (bicyclic) bond motifs is 4. The van der Waals surface area contributed by atoms with Crippen molar-refractivity contribution in [1.29, 1.82) is 5.26 Å². The second-order valence-corrected chi connectivity index (χ2v) is 14.6. The summed E-state index contributed by atoms with van der Waals surface area (Å²) in [6, 6.07) is 70.0. The Balaban J connectivity index is 1.12. The minimum Gasteiger partial charge on any atom is -0.208 e. The van der Waals surface area contributed by atoms with Gasteiger partial charge in [0.1, 0.15) is 0 Å². The maximum Gasteiger partial charge on any atom is 0.164 e. The summed E-state index contributed by atoms with van der Waals surface area (Å²) in [5.74, 6) is 1.91. The van der Waals surface area contributed by atoms with Crippen molar-refractivity contribution < 1.29 is 0 Å². The van der Waals surface area contributed by atoms with E-state index in [1.165, 1.54) is 44.2 Å². The highest BCUT2D eigenvalue weighted by molar-refractivity contribution is 6.24. The normalized spacial score (nSPS) is 11.4. The Morgan fingerprint density at radius 2 is 0.672 bits per heavy atom. The minimum atomic E-state index is 0.634. The fourth-order valence-electron chi connectivity index (χ4n) is 8.60. The van der Waals surface area contributed by atoms with Gasteiger partial charge < -0.3 is 0 Å². The van der Waals surface area contributed by atoms with E-state index < -0.39 is 0 Å². The molecule has 0 amide bonds. The Morgan fingerprint density at radius 3 is 1.24 bits per heavy atom. The number of aromatic nitrogens is 3. The Bertz CT molecular complexity index is 3170. The molecule has 0 fully saturated rings. The van der Waals surface area contributed by atoms with Crippen LogP contribution in [0.3, 0.4) is 0 Å². The molecule has 1 aromatic heterocycles. The molecule has 9 aromatic carbocycles. The summed E-state index contributed by atoms with van der Waals surface area (Å²) in [5.41, 5.74) is 15.4. The number of nitriles is 1. The summed E-state index contributed by atoms with van der Waals surface area (Å²) in [6.45, 7) is 0. The Labute approximate surface area is 336 Å². The zero-order valence-corrected chi connectivity index (χ0v) is 31.3. The van der Waals surface area contributed by atoms with Crippen LogP contribution in [-0.4, -0.2) is 15.0 Å². The number of benzene rings is 9. The van der Waals surface area contributed by atoms with Crippen LogP contribution in [0, 0.1) is 11.3 Å². The maximum absolute atomic E-state index is 9.32. The lowest BCUT2D eigenvalue weighted by atomic mass is 9.86. The van der Waals surface area contributed by atoms with E-state index >= 15 is 0 Å². The van der Waals surface area contributed by atoms with E-state index in [1.807, 2.05) is 84.9 Å². The summed E-state index contributed by atoms with van der Waals surface area (Å²) in [4.78, 5) is 15.2. The Morgan fingerprint density at radius 1 is 0.276 bits per heavy atom. The molecular formula is C54H32N4. The molecule has 0 radical (unpaired) electrons. The van der Waals surface area contributed by atoms with Crippen molar-refractivity contribution in [2.24, 2.45) is 0 Å². The molecule has 4 heteroatoms. The number of nitrogens with zero attached hydrogens (tertiary/aromatic N) is 4. The van der Waals surface area contributed by atoms with Crippen molar-refractivity contribution in [3.05, 3.63) is 200 Å². The predicted octanol–water partition coefficient (Wildman–Crippen LogP) is 13.7. The monoisotopic (exact) mass is 736 g/mol. The molecule has 58 heavy (non-hydrogen) atoms. The lowest BCUT2D eigenvalue weighted by molar-refractivity contribution is 1.08. The summed E-state index contributed by atoms with van der Waals surface area (Å²) in [7, 11) is 0. The minimum absolute atomic E-state index is 0.634. The second-order valence-electron chi connectivity index (χ2n) is 14.6. The quantitative estimate of drug-likeness (QED) is 0.170. The molecule has 1 aliphatic carbocycles. The number of hydrogen-bond acceptors (Lipinski definition) is 4. The van der Waals surface area contributed by atoms with Gasteiger partial charge >= 0.3 is 0 Å². The molecule has 0 atom stereocenters. The van der Waals surface area contributed by atoms with Crippen molar-refractivity contribution in [2.45, 2.75) is 0 Å². The van der Waals surface area contributed by atoms with Crippen LogP contribution in [-0.2, 0) is 0 Å². The smallest absolute Gasteiger partial charge is 0.164 e. The van der Waals surface area contributed by atoms with Crippen molar-refractivity contribution in [2.75, 3.05) is 0 Å². The second kappa shape index (κ2) is 13.6. The fraction of sp³-hybridized carbons (Fsp3) is 0. The van der Waals surface area contributed by atoms with Crippen LogP contribution < -0.4 is 0 Å². The van der Waals surface area contributed by atoms with E-state index in [2.05, 4.69) is 115 Å². The van der Waals surface area contributed by atoms with E-state index in [-0.39, 0.29) is 0 Å². The van der Waals surface area contributed by atoms with Gasteiger partial charge in [-0.3, -0.25) is 0 Å². The summed E-state index contributed by atoms with van der Waals surface area (Å²) >= 11 is 0. The summed E-state index contributed by atoms with van der Waals surface area (Å²) in [6.07, 6.45) is 0. The van der Waals surface area contributed by atoms with Crippen molar-refractivity contribution >= 4 is 21.5 Å². The molecule has 0 bridgehead atoms. The summed E-state index contributed by atoms with van der Waals surface area (Å²) < 4.78 is 0. The Kier molecular flexibility index (Phi) is 7.84. The lowest BCUT2D eigenvalue weighted by Gasteiger charge is -2.18. The SMILES string of the molecule is N#Cc1ccc(-c2ccc(-c3ccc4c5c(ccc(-c6ccc(-c7nc(-c8ccccc8)nc(-c8ccccc8)n7)c7ccccc67)c35)-c3ccccc3-4)cc2)cc1. The first-order valence-electron chi connectivity index (χ1n) is 19.4. The van der Waals surface area contributed by atoms with Crippen molar-refractivity contribution in [3.8, 4) is 95.9 Å². The number of hydrogen-bond donors (Lipinski definition) is 0. The van der Waals surface area contributed by atoms with Gasteiger partial charge in [-0.1, -0.05) is 176 Å². The molecule has 1 aliphatic rings. The highest BCUT2D eigenvalue weighted by Gasteiger charge is 2.26. The first kappa shape index (κ1) is 33.3. The van der Waals surface area contributed by atoms with Crippen LogP contribution in [0.4, 0.5) is 0 Å². The van der Waals surface area contributed by atoms with Gasteiger partial charge in [-0.05, 0) is 95.4 Å². The third kappa shape index (κ3) is 5.49. The van der Waals surface area contributed by atoms with E-state index in [0.717, 1.165) is 49.7 Å². The fourth-order valence-corrected chi connectivity index (χ4v) is 8.60. The van der Waals surface area contributed by atoms with Gasteiger partial charge in [-0.25, -0.2) is 15.0 Å². The molecule has 4 nitrogen and oxygen atoms in total. The first-order valence-corrected chi connectivity index (χ1v) is 19.4. The van der Waals surface area contributed by atoms with Crippen LogP contribution in [0.25, 0.3) is 111 Å². The third-order valence-electron chi connectivity index (χ3n) is 11.4. The molecule has 0 unspecified atom stereocenters. The molecule has 0 aliphatic heterocycles. The molecule has 0 spiro atoms. The van der Waals surface area contributed by atoms with E-state index in [9.17, 15) is 5.26 Å². The van der Waals surface area contributed by atoms with E-state index in [0.29, 0.717) is 23.0 Å². The standard InChI is InChI=1S/C54H32N4/c55-33-34-19-21-35(22-20-34)36-23-25-37(26-24-36)40-27-29-46-42-16-8-9-17-43(42)47-30-31-48(50(40)51(46)47)45-28-32-49(44-18-10-7-15-41(44)45)54-57-52(38-11-3-1-4-12-38)56-53(58-54)39-13-5-2-6-14-39/h1-32H. The lowest BCUT2D eigenvalue weighted by Crippen LogP contribution is -2.00. The van der Waals surface area contributed by atoms with Crippen LogP contribution in [0.5, 0.6) is 0 Å². The average molecular weight is 737 g/mol. The van der Waals surface area contributed by atoms with Crippen LogP contribution in [0.2, 0.25) is 0 Å². The van der Waals surface area contributed by atoms with Gasteiger partial charge in [0.05, 0.1) is 11.6 Å². The van der Waals surface area contributed by atoms with E-state index in [4.69, 9.17) is 15.0 Å². The van der Waals surface area contributed by atoms with E-state index in [1.54, 1.807) is 0 Å². The first-order chi connectivity index (χ1) is 28.7. The molecule has 11 rings (SSSR count). The third-order valence-corrected chi connectivity index (χ3v) is 11.4. The molecule has 1 heterocycles. The van der Waals surface area contributed by atoms with Gasteiger partial charge in [0.25, 0.3) is 0 Å². The highest BCUT2D eigenvalue weighted by atomic mass is 15.0. The zero-order valence-electron chi connectivity index (χ0n) is 31.3. The van der Waals surface area contributed by atoms with Crippen LogP contribution in [0.1, 0.15) is 5.56 Å². The molecule has 0 saturated carbocycles. The van der Waals surface area contributed by atoms with Crippen LogP contribution in [0.15, 0.2) is 194 Å². The largest absolute Gasteiger partial charge is 0.208 e. The Hall–Kier alpha value is -8.00. The molecule has 10 aromatic rings. The van der Waals surface area contributed by atoms with Gasteiger partial charge in [-0.2, -0.15) is 5.26 Å². The van der Waals surface area contributed by atoms with Crippen LogP contribution >= 0.6 is 0 Å². The van der Waals surface area contributed by atoms with Gasteiger partial charge in [0.15, 0.2) is 17.5 Å². The van der Waals surface area contributed by atoms with Gasteiger partial charge in [-0.15, -0.1) is 0 Å². The van der Waals surface area contributed by atoms with Gasteiger partial charge in [0.2, 0.25) is 0 Å². The molecule has 268 valence electrons. The maximum atomic E-state index is 9.32. The number of rotatable bonds is 6.